The number of ether oxygens (including phenoxy) is 1. The van der Waals surface area contributed by atoms with Gasteiger partial charge in [-0.3, -0.25) is 9.69 Å². The highest BCUT2D eigenvalue weighted by atomic mass is 79.9. The molecule has 1 aromatic rings. The Morgan fingerprint density at radius 3 is 2.77 bits per heavy atom. The molecular formula is C16H23BrN2O2S. The zero-order valence-electron chi connectivity index (χ0n) is 13.2. The second-order valence-corrected chi connectivity index (χ2v) is 7.33. The smallest absolute Gasteiger partial charge is 0.230 e. The van der Waals surface area contributed by atoms with Crippen LogP contribution in [0, 0.1) is 13.8 Å². The summed E-state index contributed by atoms with van der Waals surface area (Å²) in [6.45, 7) is 9.26. The predicted molar refractivity (Wildman–Crippen MR) is 94.6 cm³/mol. The molecule has 6 heteroatoms. The first kappa shape index (κ1) is 17.8. The number of benzene rings is 1. The third kappa shape index (κ3) is 5.57. The summed E-state index contributed by atoms with van der Waals surface area (Å²) in [6.07, 6.45) is 0. The van der Waals surface area contributed by atoms with Crippen LogP contribution < -0.4 is 5.32 Å². The summed E-state index contributed by atoms with van der Waals surface area (Å²) < 4.78 is 6.42. The van der Waals surface area contributed by atoms with E-state index in [4.69, 9.17) is 4.74 Å². The minimum atomic E-state index is 0.0956. The van der Waals surface area contributed by atoms with E-state index in [2.05, 4.69) is 52.1 Å². The third-order valence-corrected chi connectivity index (χ3v) is 5.68. The van der Waals surface area contributed by atoms with Crippen molar-refractivity contribution in [3.8, 4) is 0 Å². The van der Waals surface area contributed by atoms with Gasteiger partial charge < -0.3 is 10.1 Å². The fraction of sp³-hybridized carbons (Fsp3) is 0.562. The van der Waals surface area contributed by atoms with Gasteiger partial charge in [-0.1, -0.05) is 15.9 Å². The molecule has 22 heavy (non-hydrogen) atoms. The lowest BCUT2D eigenvalue weighted by molar-refractivity contribution is -0.118. The average Bonchev–Trinajstić information content (AvgIpc) is 2.50. The SMILES string of the molecule is Cc1cc(SCC(=O)NCCN2CCOCC2)c(C)cc1Br. The predicted octanol–water partition coefficient (Wildman–Crippen LogP) is 2.61. The van der Waals surface area contributed by atoms with E-state index < -0.39 is 0 Å². The molecule has 1 aromatic carbocycles. The highest BCUT2D eigenvalue weighted by Crippen LogP contribution is 2.28. The first-order chi connectivity index (χ1) is 10.6. The maximum absolute atomic E-state index is 11.9. The van der Waals surface area contributed by atoms with Gasteiger partial charge in [-0.15, -0.1) is 11.8 Å². The van der Waals surface area contributed by atoms with Gasteiger partial charge in [-0.25, -0.2) is 0 Å². The normalized spacial score (nSPS) is 15.8. The number of morpholine rings is 1. The van der Waals surface area contributed by atoms with E-state index in [-0.39, 0.29) is 5.91 Å². The summed E-state index contributed by atoms with van der Waals surface area (Å²) in [6, 6.07) is 4.24. The molecule has 0 aromatic heterocycles. The molecule has 0 unspecified atom stereocenters. The molecule has 0 atom stereocenters. The van der Waals surface area contributed by atoms with Crippen molar-refractivity contribution in [2.24, 2.45) is 0 Å². The molecule has 1 heterocycles. The van der Waals surface area contributed by atoms with Gasteiger partial charge in [0.1, 0.15) is 0 Å². The number of rotatable bonds is 6. The van der Waals surface area contributed by atoms with Crippen LogP contribution in [0.1, 0.15) is 11.1 Å². The van der Waals surface area contributed by atoms with Crippen molar-refractivity contribution in [3.05, 3.63) is 27.7 Å². The number of carbonyl (C=O) groups excluding carboxylic acids is 1. The molecule has 122 valence electrons. The first-order valence-electron chi connectivity index (χ1n) is 7.52. The number of hydrogen-bond acceptors (Lipinski definition) is 4. The molecule has 1 N–H and O–H groups in total. The van der Waals surface area contributed by atoms with Crippen LogP contribution in [0.3, 0.4) is 0 Å². The zero-order valence-corrected chi connectivity index (χ0v) is 15.6. The number of halogens is 1. The van der Waals surface area contributed by atoms with E-state index in [1.54, 1.807) is 11.8 Å². The van der Waals surface area contributed by atoms with Crippen LogP contribution in [0.15, 0.2) is 21.5 Å². The van der Waals surface area contributed by atoms with Crippen LogP contribution in [0.2, 0.25) is 0 Å². The van der Waals surface area contributed by atoms with E-state index in [0.717, 1.165) is 37.3 Å². The van der Waals surface area contributed by atoms with Crippen molar-refractivity contribution in [1.82, 2.24) is 10.2 Å². The lowest BCUT2D eigenvalue weighted by Gasteiger charge is -2.26. The Balaban J connectivity index is 1.70. The van der Waals surface area contributed by atoms with Crippen molar-refractivity contribution in [2.75, 3.05) is 45.1 Å². The van der Waals surface area contributed by atoms with Crippen molar-refractivity contribution in [1.29, 1.82) is 0 Å². The molecular weight excluding hydrogens is 364 g/mol. The number of hydrogen-bond donors (Lipinski definition) is 1. The Kier molecular flexibility index (Phi) is 7.21. The number of aryl methyl sites for hydroxylation is 2. The minimum Gasteiger partial charge on any atom is -0.379 e. The van der Waals surface area contributed by atoms with E-state index in [9.17, 15) is 4.79 Å². The average molecular weight is 387 g/mol. The fourth-order valence-corrected chi connectivity index (χ4v) is 3.68. The van der Waals surface area contributed by atoms with Crippen molar-refractivity contribution in [2.45, 2.75) is 18.7 Å². The molecule has 1 amide bonds. The molecule has 2 rings (SSSR count). The summed E-state index contributed by atoms with van der Waals surface area (Å²) >= 11 is 5.13. The van der Waals surface area contributed by atoms with Crippen LogP contribution >= 0.6 is 27.7 Å². The lowest BCUT2D eigenvalue weighted by Crippen LogP contribution is -2.41. The van der Waals surface area contributed by atoms with Gasteiger partial charge in [0.25, 0.3) is 0 Å². The molecule has 4 nitrogen and oxygen atoms in total. The molecule has 1 saturated heterocycles. The quantitative estimate of drug-likeness (QED) is 0.762. The molecule has 0 spiro atoms. The molecule has 0 bridgehead atoms. The number of carbonyl (C=O) groups is 1. The van der Waals surface area contributed by atoms with E-state index in [1.807, 2.05) is 0 Å². The summed E-state index contributed by atoms with van der Waals surface area (Å²) in [5.74, 6) is 0.559. The van der Waals surface area contributed by atoms with Crippen molar-refractivity contribution >= 4 is 33.6 Å². The molecule has 0 saturated carbocycles. The lowest BCUT2D eigenvalue weighted by atomic mass is 10.2. The van der Waals surface area contributed by atoms with Crippen molar-refractivity contribution < 1.29 is 9.53 Å². The highest BCUT2D eigenvalue weighted by Gasteiger charge is 2.11. The van der Waals surface area contributed by atoms with Crippen LogP contribution in [-0.2, 0) is 9.53 Å². The number of nitrogens with one attached hydrogen (secondary N) is 1. The van der Waals surface area contributed by atoms with Crippen LogP contribution in [0.5, 0.6) is 0 Å². The minimum absolute atomic E-state index is 0.0956. The number of thioether (sulfide) groups is 1. The Morgan fingerprint density at radius 2 is 2.05 bits per heavy atom. The Hall–Kier alpha value is -0.560. The maximum atomic E-state index is 11.9. The summed E-state index contributed by atoms with van der Waals surface area (Å²) in [5, 5.41) is 2.99. The van der Waals surface area contributed by atoms with Crippen molar-refractivity contribution in [3.63, 3.8) is 0 Å². The molecule has 1 aliphatic rings. The summed E-state index contributed by atoms with van der Waals surface area (Å²) in [4.78, 5) is 15.4. The second-order valence-electron chi connectivity index (χ2n) is 5.46. The summed E-state index contributed by atoms with van der Waals surface area (Å²) in [7, 11) is 0. The van der Waals surface area contributed by atoms with Crippen LogP contribution in [0.25, 0.3) is 0 Å². The zero-order chi connectivity index (χ0) is 15.9. The Morgan fingerprint density at radius 1 is 1.32 bits per heavy atom. The molecule has 0 radical (unpaired) electrons. The standard InChI is InChI=1S/C16H23BrN2O2S/c1-12-10-15(13(2)9-14(12)17)22-11-16(20)18-3-4-19-5-7-21-8-6-19/h9-10H,3-8,11H2,1-2H3,(H,18,20). The fourth-order valence-electron chi connectivity index (χ4n) is 2.28. The van der Waals surface area contributed by atoms with Gasteiger partial charge in [0.05, 0.1) is 19.0 Å². The van der Waals surface area contributed by atoms with Crippen LogP contribution in [-0.4, -0.2) is 56.0 Å². The van der Waals surface area contributed by atoms with Gasteiger partial charge in [-0.05, 0) is 37.1 Å². The number of nitrogens with zero attached hydrogens (tertiary/aromatic N) is 1. The van der Waals surface area contributed by atoms with E-state index >= 15 is 0 Å². The third-order valence-electron chi connectivity index (χ3n) is 3.67. The molecule has 1 fully saturated rings. The highest BCUT2D eigenvalue weighted by molar-refractivity contribution is 9.10. The molecule has 1 aliphatic heterocycles. The number of amides is 1. The topological polar surface area (TPSA) is 41.6 Å². The monoisotopic (exact) mass is 386 g/mol. The second kappa shape index (κ2) is 8.91. The first-order valence-corrected chi connectivity index (χ1v) is 9.30. The van der Waals surface area contributed by atoms with Gasteiger partial charge >= 0.3 is 0 Å². The van der Waals surface area contributed by atoms with E-state index in [1.165, 1.54) is 16.0 Å². The van der Waals surface area contributed by atoms with Gasteiger partial charge in [0, 0.05) is 35.5 Å². The van der Waals surface area contributed by atoms with Crippen LogP contribution in [0.4, 0.5) is 0 Å². The van der Waals surface area contributed by atoms with Gasteiger partial charge in [0.2, 0.25) is 5.91 Å². The maximum Gasteiger partial charge on any atom is 0.230 e. The molecule has 0 aliphatic carbocycles. The summed E-state index contributed by atoms with van der Waals surface area (Å²) in [5.41, 5.74) is 2.39. The Labute approximate surface area is 145 Å². The Bertz CT molecular complexity index is 519. The van der Waals surface area contributed by atoms with Gasteiger partial charge in [-0.2, -0.15) is 0 Å². The largest absolute Gasteiger partial charge is 0.379 e. The van der Waals surface area contributed by atoms with E-state index in [0.29, 0.717) is 12.3 Å². The van der Waals surface area contributed by atoms with Gasteiger partial charge in [0.15, 0.2) is 0 Å².